The summed E-state index contributed by atoms with van der Waals surface area (Å²) >= 11 is 0. The topological polar surface area (TPSA) is 46.0 Å². The third kappa shape index (κ3) is 2.80. The van der Waals surface area contributed by atoms with Gasteiger partial charge in [0.15, 0.2) is 0 Å². The zero-order valence-electron chi connectivity index (χ0n) is 11.1. The van der Waals surface area contributed by atoms with E-state index in [-0.39, 0.29) is 0 Å². The number of nitrogens with one attached hydrogen (secondary N) is 1. The van der Waals surface area contributed by atoms with E-state index in [9.17, 15) is 0 Å². The molecule has 0 spiro atoms. The number of pyridine rings is 1. The Balaban J connectivity index is 1.98. The van der Waals surface area contributed by atoms with Crippen molar-refractivity contribution in [3.05, 3.63) is 36.5 Å². The van der Waals surface area contributed by atoms with Crippen LogP contribution >= 0.6 is 0 Å². The van der Waals surface area contributed by atoms with E-state index in [0.717, 1.165) is 24.6 Å². The summed E-state index contributed by atoms with van der Waals surface area (Å²) in [6, 6.07) is 4.04. The summed E-state index contributed by atoms with van der Waals surface area (Å²) in [5.74, 6) is 0.958. The van der Waals surface area contributed by atoms with Gasteiger partial charge in [-0.15, -0.1) is 0 Å². The van der Waals surface area contributed by atoms with Crippen LogP contribution in [0.5, 0.6) is 0 Å². The maximum absolute atomic E-state index is 4.36. The lowest BCUT2D eigenvalue weighted by atomic mass is 10.3. The third-order valence-electron chi connectivity index (χ3n) is 2.82. The molecule has 2 heterocycles. The van der Waals surface area contributed by atoms with Crippen LogP contribution in [0.4, 0.5) is 11.5 Å². The lowest BCUT2D eigenvalue weighted by Crippen LogP contribution is -2.11. The fourth-order valence-electron chi connectivity index (χ4n) is 1.73. The summed E-state index contributed by atoms with van der Waals surface area (Å²) in [7, 11) is 3.96. The quantitative estimate of drug-likeness (QED) is 0.875. The molecule has 2 aromatic heterocycles. The van der Waals surface area contributed by atoms with E-state index in [1.807, 2.05) is 49.8 Å². The monoisotopic (exact) mass is 245 g/mol. The number of hydrogen-bond donors (Lipinski definition) is 1. The van der Waals surface area contributed by atoms with Crippen molar-refractivity contribution >= 4 is 11.5 Å². The summed E-state index contributed by atoms with van der Waals surface area (Å²) in [6.07, 6.45) is 5.59. The van der Waals surface area contributed by atoms with Crippen molar-refractivity contribution in [2.75, 3.05) is 24.3 Å². The maximum atomic E-state index is 4.36. The van der Waals surface area contributed by atoms with E-state index in [2.05, 4.69) is 26.8 Å². The number of aromatic nitrogens is 3. The molecule has 0 saturated carbocycles. The fourth-order valence-corrected chi connectivity index (χ4v) is 1.73. The van der Waals surface area contributed by atoms with Crippen LogP contribution < -0.4 is 10.2 Å². The molecule has 0 aliphatic carbocycles. The zero-order chi connectivity index (χ0) is 13.0. The van der Waals surface area contributed by atoms with Crippen molar-refractivity contribution in [1.82, 2.24) is 14.5 Å². The summed E-state index contributed by atoms with van der Waals surface area (Å²) < 4.78 is 2.12. The van der Waals surface area contributed by atoms with E-state index in [1.54, 1.807) is 0 Å². The fraction of sp³-hybridized carbons (Fsp3) is 0.385. The van der Waals surface area contributed by atoms with Gasteiger partial charge in [-0.2, -0.15) is 0 Å². The largest absolute Gasteiger partial charge is 0.378 e. The third-order valence-corrected chi connectivity index (χ3v) is 2.82. The molecular formula is C13H19N5. The van der Waals surface area contributed by atoms with Crippen molar-refractivity contribution in [2.45, 2.75) is 20.0 Å². The Kier molecular flexibility index (Phi) is 3.82. The molecule has 18 heavy (non-hydrogen) atoms. The van der Waals surface area contributed by atoms with Crippen molar-refractivity contribution < 1.29 is 0 Å². The standard InChI is InChI=1S/C13H19N5/c1-4-18-10-14-8-12(18)9-15-11-5-6-13(16-7-11)17(2)3/h5-8,10,15H,4,9H2,1-3H3. The smallest absolute Gasteiger partial charge is 0.128 e. The van der Waals surface area contributed by atoms with Gasteiger partial charge >= 0.3 is 0 Å². The number of aryl methyl sites for hydroxylation is 1. The van der Waals surface area contributed by atoms with Gasteiger partial charge in [0, 0.05) is 26.8 Å². The Labute approximate surface area is 107 Å². The van der Waals surface area contributed by atoms with Gasteiger partial charge in [0.2, 0.25) is 0 Å². The minimum Gasteiger partial charge on any atom is -0.378 e. The first-order valence-electron chi connectivity index (χ1n) is 6.07. The first-order chi connectivity index (χ1) is 8.70. The van der Waals surface area contributed by atoms with Crippen LogP contribution in [-0.2, 0) is 13.1 Å². The van der Waals surface area contributed by atoms with E-state index in [4.69, 9.17) is 0 Å². The van der Waals surface area contributed by atoms with Crippen LogP contribution in [0.1, 0.15) is 12.6 Å². The average molecular weight is 245 g/mol. The second kappa shape index (κ2) is 5.53. The minimum atomic E-state index is 0.761. The number of imidazole rings is 1. The van der Waals surface area contributed by atoms with Gasteiger partial charge in [0.25, 0.3) is 0 Å². The maximum Gasteiger partial charge on any atom is 0.128 e. The Morgan fingerprint density at radius 3 is 2.72 bits per heavy atom. The van der Waals surface area contributed by atoms with E-state index < -0.39 is 0 Å². The van der Waals surface area contributed by atoms with Gasteiger partial charge in [-0.25, -0.2) is 9.97 Å². The van der Waals surface area contributed by atoms with Crippen LogP contribution in [0, 0.1) is 0 Å². The predicted molar refractivity (Wildman–Crippen MR) is 73.8 cm³/mol. The van der Waals surface area contributed by atoms with E-state index in [0.29, 0.717) is 0 Å². The number of rotatable bonds is 5. The van der Waals surface area contributed by atoms with Crippen LogP contribution in [0.3, 0.4) is 0 Å². The molecule has 0 aliphatic rings. The summed E-state index contributed by atoms with van der Waals surface area (Å²) in [6.45, 7) is 3.81. The van der Waals surface area contributed by atoms with Crippen LogP contribution in [0.15, 0.2) is 30.9 Å². The van der Waals surface area contributed by atoms with Gasteiger partial charge in [-0.05, 0) is 19.1 Å². The lowest BCUT2D eigenvalue weighted by molar-refractivity contribution is 0.719. The molecule has 0 aliphatic heterocycles. The Morgan fingerprint density at radius 1 is 1.28 bits per heavy atom. The number of anilines is 2. The minimum absolute atomic E-state index is 0.761. The summed E-state index contributed by atoms with van der Waals surface area (Å²) in [4.78, 5) is 10.5. The molecule has 2 rings (SSSR count). The van der Waals surface area contributed by atoms with Gasteiger partial charge in [0.05, 0.1) is 30.5 Å². The molecule has 1 N–H and O–H groups in total. The SMILES string of the molecule is CCn1cncc1CNc1ccc(N(C)C)nc1. The molecule has 0 saturated heterocycles. The highest BCUT2D eigenvalue weighted by molar-refractivity contribution is 5.47. The van der Waals surface area contributed by atoms with Crippen LogP contribution in [-0.4, -0.2) is 28.6 Å². The first-order valence-corrected chi connectivity index (χ1v) is 6.07. The zero-order valence-corrected chi connectivity index (χ0v) is 11.1. The summed E-state index contributed by atoms with van der Waals surface area (Å²) in [5.41, 5.74) is 2.19. The van der Waals surface area contributed by atoms with Gasteiger partial charge in [-0.3, -0.25) is 0 Å². The number of nitrogens with zero attached hydrogens (tertiary/aromatic N) is 4. The van der Waals surface area contributed by atoms with Gasteiger partial charge < -0.3 is 14.8 Å². The average Bonchev–Trinajstić information content (AvgIpc) is 2.84. The van der Waals surface area contributed by atoms with Crippen molar-refractivity contribution in [2.24, 2.45) is 0 Å². The Morgan fingerprint density at radius 2 is 2.11 bits per heavy atom. The second-order valence-corrected chi connectivity index (χ2v) is 4.32. The molecule has 0 bridgehead atoms. The molecule has 0 fully saturated rings. The Bertz CT molecular complexity index is 486. The molecule has 0 unspecified atom stereocenters. The molecule has 0 aromatic carbocycles. The highest BCUT2D eigenvalue weighted by Crippen LogP contribution is 2.12. The lowest BCUT2D eigenvalue weighted by Gasteiger charge is -2.12. The van der Waals surface area contributed by atoms with E-state index >= 15 is 0 Å². The van der Waals surface area contributed by atoms with Crippen LogP contribution in [0.25, 0.3) is 0 Å². The predicted octanol–water partition coefficient (Wildman–Crippen LogP) is 1.98. The molecular weight excluding hydrogens is 226 g/mol. The molecule has 0 amide bonds. The van der Waals surface area contributed by atoms with Crippen molar-refractivity contribution in [3.8, 4) is 0 Å². The summed E-state index contributed by atoms with van der Waals surface area (Å²) in [5, 5.41) is 3.35. The molecule has 0 atom stereocenters. The van der Waals surface area contributed by atoms with Gasteiger partial charge in [0.1, 0.15) is 5.82 Å². The molecule has 0 radical (unpaired) electrons. The molecule has 2 aromatic rings. The highest BCUT2D eigenvalue weighted by atomic mass is 15.1. The number of hydrogen-bond acceptors (Lipinski definition) is 4. The molecule has 96 valence electrons. The van der Waals surface area contributed by atoms with Crippen molar-refractivity contribution in [1.29, 1.82) is 0 Å². The Hall–Kier alpha value is -2.04. The van der Waals surface area contributed by atoms with Crippen LogP contribution in [0.2, 0.25) is 0 Å². The van der Waals surface area contributed by atoms with Gasteiger partial charge in [-0.1, -0.05) is 0 Å². The molecule has 5 nitrogen and oxygen atoms in total. The van der Waals surface area contributed by atoms with Crippen molar-refractivity contribution in [3.63, 3.8) is 0 Å². The highest BCUT2D eigenvalue weighted by Gasteiger charge is 2.01. The van der Waals surface area contributed by atoms with E-state index in [1.165, 1.54) is 5.69 Å². The second-order valence-electron chi connectivity index (χ2n) is 4.32. The first kappa shape index (κ1) is 12.4. The molecule has 5 heteroatoms. The normalized spacial score (nSPS) is 10.4.